The fraction of sp³-hybridized carbons (Fsp3) is 0.667. The van der Waals surface area contributed by atoms with E-state index >= 15 is 0 Å². The van der Waals surface area contributed by atoms with Gasteiger partial charge >= 0.3 is 7.94 Å². The van der Waals surface area contributed by atoms with Crippen molar-refractivity contribution in [2.45, 2.75) is 13.8 Å². The molecule has 0 spiro atoms. The van der Waals surface area contributed by atoms with Crippen LogP contribution in [-0.2, 0) is 9.05 Å². The minimum atomic E-state index is -2.69. The molecule has 0 amide bonds. The molecule has 0 rings (SSSR count). The van der Waals surface area contributed by atoms with Gasteiger partial charge in [0.1, 0.15) is 5.82 Å². The summed E-state index contributed by atoms with van der Waals surface area (Å²) in [4.78, 5) is 9.37. The van der Waals surface area contributed by atoms with Crippen LogP contribution in [0.15, 0.2) is 12.4 Å². The molecular weight excluding hydrogens is 162 g/mol. The summed E-state index contributed by atoms with van der Waals surface area (Å²) in [6.45, 7) is 7.90. The molecular formula is C6H14BO3P+. The van der Waals surface area contributed by atoms with E-state index in [0.717, 1.165) is 0 Å². The highest BCUT2D eigenvalue weighted by molar-refractivity contribution is 7.63. The van der Waals surface area contributed by atoms with Crippen molar-refractivity contribution >= 4 is 16.4 Å². The zero-order valence-electron chi connectivity index (χ0n) is 6.99. The SMILES string of the molecule is C=C[P+](O)(OCC)OCC.[B]. The second-order valence-electron chi connectivity index (χ2n) is 1.58. The van der Waals surface area contributed by atoms with Crippen LogP contribution in [0.3, 0.4) is 0 Å². The van der Waals surface area contributed by atoms with E-state index in [1.165, 1.54) is 5.82 Å². The van der Waals surface area contributed by atoms with E-state index < -0.39 is 7.94 Å². The van der Waals surface area contributed by atoms with E-state index in [0.29, 0.717) is 13.2 Å². The standard InChI is InChI=1S/C6H14O3P.B/c1-4-8-10(7,6-3)9-5-2;/h6-7H,3-5H2,1-2H3;/q+1;. The van der Waals surface area contributed by atoms with Gasteiger partial charge in [-0.2, -0.15) is 13.9 Å². The highest BCUT2D eigenvalue weighted by Gasteiger charge is 2.35. The maximum absolute atomic E-state index is 9.37. The second kappa shape index (κ2) is 6.80. The molecule has 63 valence electrons. The topological polar surface area (TPSA) is 38.7 Å². The van der Waals surface area contributed by atoms with E-state index in [-0.39, 0.29) is 8.41 Å². The Bertz CT molecular complexity index is 104. The average molecular weight is 176 g/mol. The molecule has 0 saturated carbocycles. The number of hydrogen-bond acceptors (Lipinski definition) is 3. The second-order valence-corrected chi connectivity index (χ2v) is 3.59. The van der Waals surface area contributed by atoms with Crippen LogP contribution >= 0.6 is 7.94 Å². The predicted molar refractivity (Wildman–Crippen MR) is 48.3 cm³/mol. The Balaban J connectivity index is 0. The van der Waals surface area contributed by atoms with Crippen LogP contribution in [0.25, 0.3) is 0 Å². The predicted octanol–water partition coefficient (Wildman–Crippen LogP) is 1.58. The third kappa shape index (κ3) is 5.39. The summed E-state index contributed by atoms with van der Waals surface area (Å²) in [6.07, 6.45) is 0. The average Bonchev–Trinajstić information content (AvgIpc) is 1.89. The first-order valence-electron chi connectivity index (χ1n) is 3.22. The monoisotopic (exact) mass is 176 g/mol. The molecule has 0 fully saturated rings. The Morgan fingerprint density at radius 3 is 1.91 bits per heavy atom. The number of hydrogen-bond donors (Lipinski definition) is 1. The molecule has 0 aromatic heterocycles. The Morgan fingerprint density at radius 1 is 1.36 bits per heavy atom. The first-order chi connectivity index (χ1) is 4.68. The van der Waals surface area contributed by atoms with Gasteiger partial charge in [0, 0.05) is 8.41 Å². The lowest BCUT2D eigenvalue weighted by Gasteiger charge is -2.09. The fourth-order valence-electron chi connectivity index (χ4n) is 0.513. The van der Waals surface area contributed by atoms with Gasteiger partial charge in [-0.3, -0.25) is 0 Å². The lowest BCUT2D eigenvalue weighted by atomic mass is 10.8. The Hall–Kier alpha value is 0.115. The first kappa shape index (κ1) is 13.7. The molecule has 1 N–H and O–H groups in total. The van der Waals surface area contributed by atoms with Crippen LogP contribution in [-0.4, -0.2) is 26.5 Å². The van der Waals surface area contributed by atoms with Crippen molar-refractivity contribution in [1.29, 1.82) is 0 Å². The molecule has 11 heavy (non-hydrogen) atoms. The molecule has 0 unspecified atom stereocenters. The molecule has 3 nitrogen and oxygen atoms in total. The van der Waals surface area contributed by atoms with E-state index in [1.54, 1.807) is 13.8 Å². The molecule has 0 bridgehead atoms. The van der Waals surface area contributed by atoms with Gasteiger partial charge in [-0.25, -0.2) is 0 Å². The van der Waals surface area contributed by atoms with Gasteiger partial charge in [-0.15, -0.1) is 0 Å². The largest absolute Gasteiger partial charge is 0.437 e. The third-order valence-corrected chi connectivity index (χ3v) is 2.58. The lowest BCUT2D eigenvalue weighted by Crippen LogP contribution is -1.98. The number of rotatable bonds is 5. The van der Waals surface area contributed by atoms with Crippen LogP contribution in [0, 0.1) is 0 Å². The van der Waals surface area contributed by atoms with Gasteiger partial charge in [0.15, 0.2) is 0 Å². The third-order valence-electron chi connectivity index (χ3n) is 0.859. The van der Waals surface area contributed by atoms with Crippen molar-refractivity contribution in [2.75, 3.05) is 13.2 Å². The molecule has 0 aromatic rings. The summed E-state index contributed by atoms with van der Waals surface area (Å²) < 4.78 is 9.89. The molecule has 0 aliphatic rings. The van der Waals surface area contributed by atoms with Crippen molar-refractivity contribution in [2.24, 2.45) is 0 Å². The van der Waals surface area contributed by atoms with Crippen molar-refractivity contribution < 1.29 is 13.9 Å². The fourth-order valence-corrected chi connectivity index (χ4v) is 1.54. The van der Waals surface area contributed by atoms with E-state index in [2.05, 4.69) is 6.58 Å². The normalized spacial score (nSPS) is 10.5. The van der Waals surface area contributed by atoms with Crippen LogP contribution in [0.4, 0.5) is 0 Å². The maximum Gasteiger partial charge on any atom is 0.437 e. The van der Waals surface area contributed by atoms with Crippen LogP contribution in [0.1, 0.15) is 13.8 Å². The highest BCUT2D eigenvalue weighted by Crippen LogP contribution is 2.57. The lowest BCUT2D eigenvalue weighted by molar-refractivity contribution is 0.199. The highest BCUT2D eigenvalue weighted by atomic mass is 31.2. The van der Waals surface area contributed by atoms with E-state index in [4.69, 9.17) is 9.05 Å². The minimum absolute atomic E-state index is 0. The van der Waals surface area contributed by atoms with Crippen LogP contribution in [0.5, 0.6) is 0 Å². The van der Waals surface area contributed by atoms with Crippen LogP contribution < -0.4 is 0 Å². The van der Waals surface area contributed by atoms with Crippen molar-refractivity contribution in [3.05, 3.63) is 12.4 Å². The molecule has 0 saturated heterocycles. The van der Waals surface area contributed by atoms with Gasteiger partial charge in [0.25, 0.3) is 0 Å². The van der Waals surface area contributed by atoms with Crippen molar-refractivity contribution in [3.63, 3.8) is 0 Å². The molecule has 3 radical (unpaired) electrons. The van der Waals surface area contributed by atoms with Gasteiger partial charge in [0.05, 0.1) is 13.2 Å². The summed E-state index contributed by atoms with van der Waals surface area (Å²) in [6, 6.07) is 0. The molecule has 5 heteroatoms. The Kier molecular flexibility index (Phi) is 8.46. The zero-order chi connectivity index (χ0) is 8.04. The molecule has 0 aliphatic heterocycles. The van der Waals surface area contributed by atoms with Crippen molar-refractivity contribution in [3.8, 4) is 0 Å². The maximum atomic E-state index is 9.37. The molecule has 0 atom stereocenters. The van der Waals surface area contributed by atoms with Gasteiger partial charge < -0.3 is 0 Å². The molecule has 0 aliphatic carbocycles. The molecule has 0 heterocycles. The summed E-state index contributed by atoms with van der Waals surface area (Å²) >= 11 is 0. The van der Waals surface area contributed by atoms with Gasteiger partial charge in [-0.1, -0.05) is 6.58 Å². The van der Waals surface area contributed by atoms with Gasteiger partial charge in [0.2, 0.25) is 0 Å². The van der Waals surface area contributed by atoms with Crippen molar-refractivity contribution in [1.82, 2.24) is 0 Å². The summed E-state index contributed by atoms with van der Waals surface area (Å²) in [5.74, 6) is 1.33. The molecule has 0 aromatic carbocycles. The van der Waals surface area contributed by atoms with E-state index in [9.17, 15) is 4.89 Å². The Morgan fingerprint density at radius 2 is 1.73 bits per heavy atom. The van der Waals surface area contributed by atoms with Crippen LogP contribution in [0.2, 0.25) is 0 Å². The smallest absolute Gasteiger partial charge is 0.189 e. The Labute approximate surface area is 70.6 Å². The summed E-state index contributed by atoms with van der Waals surface area (Å²) in [5, 5.41) is 0. The first-order valence-corrected chi connectivity index (χ1v) is 4.87. The quantitative estimate of drug-likeness (QED) is 0.510. The van der Waals surface area contributed by atoms with Gasteiger partial charge in [-0.05, 0) is 13.8 Å². The summed E-state index contributed by atoms with van der Waals surface area (Å²) in [7, 11) is -2.69. The minimum Gasteiger partial charge on any atom is -0.189 e. The zero-order valence-corrected chi connectivity index (χ0v) is 7.88. The van der Waals surface area contributed by atoms with E-state index in [1.807, 2.05) is 0 Å². The summed E-state index contributed by atoms with van der Waals surface area (Å²) in [5.41, 5.74) is 0.